The zero-order valence-corrected chi connectivity index (χ0v) is 11.6. The quantitative estimate of drug-likeness (QED) is 0.890. The van der Waals surface area contributed by atoms with Crippen LogP contribution in [0.2, 0.25) is 5.15 Å². The molecule has 21 heavy (non-hydrogen) atoms. The number of halogens is 1. The third-order valence-corrected chi connectivity index (χ3v) is 3.40. The number of nitrogens with zero attached hydrogens (tertiary/aromatic N) is 2. The van der Waals surface area contributed by atoms with Gasteiger partial charge in [0.05, 0.1) is 5.92 Å². The molecule has 0 saturated heterocycles. The van der Waals surface area contributed by atoms with Crippen LogP contribution >= 0.6 is 11.6 Å². The van der Waals surface area contributed by atoms with Crippen molar-refractivity contribution in [3.63, 3.8) is 0 Å². The average Bonchev–Trinajstić information content (AvgIpc) is 2.48. The molecule has 1 unspecified atom stereocenters. The van der Waals surface area contributed by atoms with Gasteiger partial charge in [0.2, 0.25) is 11.8 Å². The van der Waals surface area contributed by atoms with Gasteiger partial charge in [-0.25, -0.2) is 0 Å². The molecule has 2 aromatic rings. The molecule has 1 atom stereocenters. The molecule has 0 spiro atoms. The summed E-state index contributed by atoms with van der Waals surface area (Å²) in [4.78, 5) is 24.1. The maximum absolute atomic E-state index is 12.4. The van der Waals surface area contributed by atoms with Crippen LogP contribution < -0.4 is 10.6 Å². The van der Waals surface area contributed by atoms with Crippen molar-refractivity contribution in [2.24, 2.45) is 0 Å². The highest BCUT2D eigenvalue weighted by Crippen LogP contribution is 2.32. The molecule has 0 saturated carbocycles. The van der Waals surface area contributed by atoms with Crippen molar-refractivity contribution in [1.29, 1.82) is 0 Å². The van der Waals surface area contributed by atoms with E-state index in [0.717, 1.165) is 5.56 Å². The van der Waals surface area contributed by atoms with Crippen molar-refractivity contribution in [3.05, 3.63) is 47.1 Å². The average molecular weight is 303 g/mol. The first-order chi connectivity index (χ1) is 10.1. The number of carbonyl (C=O) groups excluding carboxylic acids is 2. The summed E-state index contributed by atoms with van der Waals surface area (Å²) in [6.07, 6.45) is 0.101. The zero-order chi connectivity index (χ0) is 14.8. The minimum absolute atomic E-state index is 0.101. The lowest BCUT2D eigenvalue weighted by molar-refractivity contribution is -0.123. The summed E-state index contributed by atoms with van der Waals surface area (Å²) >= 11 is 5.64. The smallest absolute Gasteiger partial charge is 0.233 e. The zero-order valence-electron chi connectivity index (χ0n) is 10.8. The van der Waals surface area contributed by atoms with E-state index < -0.39 is 5.92 Å². The van der Waals surface area contributed by atoms with Crippen molar-refractivity contribution in [3.8, 4) is 0 Å². The summed E-state index contributed by atoms with van der Waals surface area (Å²) in [7, 11) is 0. The van der Waals surface area contributed by atoms with Crippen LogP contribution in [0.5, 0.6) is 0 Å². The molecule has 1 aliphatic heterocycles. The highest BCUT2D eigenvalue weighted by atomic mass is 35.5. The summed E-state index contributed by atoms with van der Waals surface area (Å²) in [5.74, 6) is -0.731. The molecular weight excluding hydrogens is 292 g/mol. The van der Waals surface area contributed by atoms with Gasteiger partial charge in [-0.05, 0) is 23.8 Å². The Bertz CT molecular complexity index is 702. The van der Waals surface area contributed by atoms with Crippen LogP contribution in [-0.4, -0.2) is 22.0 Å². The highest BCUT2D eigenvalue weighted by molar-refractivity contribution is 6.29. The molecule has 1 aromatic heterocycles. The molecule has 3 rings (SSSR count). The number of amides is 2. The van der Waals surface area contributed by atoms with Crippen LogP contribution in [0.15, 0.2) is 36.4 Å². The number of anilines is 2. The number of aromatic nitrogens is 2. The summed E-state index contributed by atoms with van der Waals surface area (Å²) in [6.45, 7) is 0. The lowest BCUT2D eigenvalue weighted by Gasteiger charge is -2.24. The Morgan fingerprint density at radius 3 is 2.81 bits per heavy atom. The van der Waals surface area contributed by atoms with Gasteiger partial charge in [0.1, 0.15) is 0 Å². The van der Waals surface area contributed by atoms with E-state index >= 15 is 0 Å². The minimum Gasteiger partial charge on any atom is -0.326 e. The van der Waals surface area contributed by atoms with Crippen LogP contribution in [0.3, 0.4) is 0 Å². The Labute approximate surface area is 125 Å². The maximum Gasteiger partial charge on any atom is 0.233 e. The molecule has 0 bridgehead atoms. The molecule has 2 amide bonds. The number of fused-ring (bicyclic) bond motifs is 1. The van der Waals surface area contributed by atoms with E-state index in [4.69, 9.17) is 11.6 Å². The number of carbonyl (C=O) groups is 2. The number of nitrogens with one attached hydrogen (secondary N) is 2. The second kappa shape index (κ2) is 5.49. The van der Waals surface area contributed by atoms with Gasteiger partial charge in [0.15, 0.2) is 11.0 Å². The van der Waals surface area contributed by atoms with Crippen LogP contribution in [0.25, 0.3) is 0 Å². The number of benzene rings is 1. The Morgan fingerprint density at radius 2 is 2.05 bits per heavy atom. The predicted molar refractivity (Wildman–Crippen MR) is 78.1 cm³/mol. The predicted octanol–water partition coefficient (Wildman–Crippen LogP) is 2.19. The van der Waals surface area contributed by atoms with Gasteiger partial charge in [-0.15, -0.1) is 10.2 Å². The van der Waals surface area contributed by atoms with E-state index in [-0.39, 0.29) is 23.4 Å². The van der Waals surface area contributed by atoms with Crippen LogP contribution in [-0.2, 0) is 9.59 Å². The molecule has 2 N–H and O–H groups in total. The number of hydrogen-bond acceptors (Lipinski definition) is 4. The first-order valence-corrected chi connectivity index (χ1v) is 6.70. The van der Waals surface area contributed by atoms with E-state index in [1.165, 1.54) is 6.07 Å². The summed E-state index contributed by atoms with van der Waals surface area (Å²) < 4.78 is 0. The Balaban J connectivity index is 1.84. The molecule has 1 aromatic carbocycles. The molecule has 2 heterocycles. The van der Waals surface area contributed by atoms with E-state index in [1.54, 1.807) is 12.1 Å². The first-order valence-electron chi connectivity index (χ1n) is 6.32. The van der Waals surface area contributed by atoms with Gasteiger partial charge in [-0.3, -0.25) is 9.59 Å². The second-order valence-corrected chi connectivity index (χ2v) is 5.01. The van der Waals surface area contributed by atoms with Crippen LogP contribution in [0.4, 0.5) is 11.5 Å². The number of hydrogen-bond donors (Lipinski definition) is 2. The number of para-hydroxylation sites is 1. The van der Waals surface area contributed by atoms with Gasteiger partial charge in [-0.1, -0.05) is 29.8 Å². The number of rotatable bonds is 2. The van der Waals surface area contributed by atoms with Gasteiger partial charge in [0, 0.05) is 12.1 Å². The minimum atomic E-state index is -0.549. The molecular formula is C14H11ClN4O2. The molecule has 0 aliphatic carbocycles. The van der Waals surface area contributed by atoms with Gasteiger partial charge < -0.3 is 10.6 Å². The maximum atomic E-state index is 12.4. The summed E-state index contributed by atoms with van der Waals surface area (Å²) in [6, 6.07) is 10.3. The second-order valence-electron chi connectivity index (χ2n) is 4.62. The van der Waals surface area contributed by atoms with Gasteiger partial charge in [-0.2, -0.15) is 0 Å². The normalized spacial score (nSPS) is 16.8. The van der Waals surface area contributed by atoms with Crippen molar-refractivity contribution in [2.45, 2.75) is 12.3 Å². The Kier molecular flexibility index (Phi) is 3.53. The van der Waals surface area contributed by atoms with Crippen molar-refractivity contribution in [1.82, 2.24) is 10.2 Å². The van der Waals surface area contributed by atoms with Crippen LogP contribution in [0.1, 0.15) is 17.9 Å². The largest absolute Gasteiger partial charge is 0.326 e. The van der Waals surface area contributed by atoms with Crippen molar-refractivity contribution in [2.75, 3.05) is 10.6 Å². The molecule has 106 valence electrons. The van der Waals surface area contributed by atoms with E-state index in [1.807, 2.05) is 18.2 Å². The van der Waals surface area contributed by atoms with E-state index in [2.05, 4.69) is 20.8 Å². The first kappa shape index (κ1) is 13.5. The van der Waals surface area contributed by atoms with E-state index in [9.17, 15) is 9.59 Å². The van der Waals surface area contributed by atoms with Gasteiger partial charge >= 0.3 is 0 Å². The van der Waals surface area contributed by atoms with Gasteiger partial charge in [0.25, 0.3) is 0 Å². The lowest BCUT2D eigenvalue weighted by Crippen LogP contribution is -2.31. The SMILES string of the molecule is O=C1CC(C(=O)Nc2ccc(Cl)nn2)c2ccccc2N1. The summed E-state index contributed by atoms with van der Waals surface area (Å²) in [5.41, 5.74) is 1.45. The fourth-order valence-electron chi connectivity index (χ4n) is 2.24. The molecule has 1 aliphatic rings. The molecule has 7 heteroatoms. The molecule has 0 radical (unpaired) electrons. The van der Waals surface area contributed by atoms with Crippen LogP contribution in [0, 0.1) is 0 Å². The topological polar surface area (TPSA) is 84.0 Å². The lowest BCUT2D eigenvalue weighted by atomic mass is 9.90. The molecule has 0 fully saturated rings. The van der Waals surface area contributed by atoms with Crippen molar-refractivity contribution >= 4 is 34.9 Å². The van der Waals surface area contributed by atoms with Crippen molar-refractivity contribution < 1.29 is 9.59 Å². The Morgan fingerprint density at radius 1 is 1.24 bits per heavy atom. The monoisotopic (exact) mass is 302 g/mol. The Hall–Kier alpha value is -2.47. The highest BCUT2D eigenvalue weighted by Gasteiger charge is 2.30. The van der Waals surface area contributed by atoms with E-state index in [0.29, 0.717) is 11.5 Å². The standard InChI is InChI=1S/C14H11ClN4O2/c15-11-5-6-12(19-18-11)17-14(21)9-7-13(20)16-10-4-2-1-3-8(9)10/h1-6,9H,7H2,(H,16,20)(H,17,19,21). The molecule has 6 nitrogen and oxygen atoms in total. The fraction of sp³-hybridized carbons (Fsp3) is 0.143. The summed E-state index contributed by atoms with van der Waals surface area (Å²) in [5, 5.41) is 13.1. The fourth-order valence-corrected chi connectivity index (χ4v) is 2.34. The third kappa shape index (κ3) is 2.85. The third-order valence-electron chi connectivity index (χ3n) is 3.20.